The number of halogens is 7. The maximum atomic E-state index is 14.8. The van der Waals surface area contributed by atoms with Gasteiger partial charge in [-0.15, -0.1) is 0 Å². The number of alkyl halides is 2. The molecule has 204 valence electrons. The van der Waals surface area contributed by atoms with Crippen LogP contribution in [0.4, 0.5) is 30.7 Å². The first-order valence-corrected chi connectivity index (χ1v) is 13.3. The van der Waals surface area contributed by atoms with Gasteiger partial charge in [0.25, 0.3) is 0 Å². The molecule has 0 bridgehead atoms. The van der Waals surface area contributed by atoms with Gasteiger partial charge in [-0.2, -0.15) is 8.78 Å². The van der Waals surface area contributed by atoms with Crippen LogP contribution in [-0.2, 0) is 6.11 Å². The SMILES string of the molecule is CCCC[C@H]1CC[C@H](C2CCC(c3cc(F)c(C(F)(F)Oc4cc(F)c(F)c(F)c4)c(F)c3)CC2)CC1. The van der Waals surface area contributed by atoms with E-state index in [4.69, 9.17) is 0 Å². The van der Waals surface area contributed by atoms with Gasteiger partial charge in [0.05, 0.1) is 0 Å². The van der Waals surface area contributed by atoms with Gasteiger partial charge in [-0.1, -0.05) is 39.0 Å². The van der Waals surface area contributed by atoms with Crippen molar-refractivity contribution in [3.63, 3.8) is 0 Å². The van der Waals surface area contributed by atoms with Crippen LogP contribution in [0.15, 0.2) is 24.3 Å². The van der Waals surface area contributed by atoms with Crippen LogP contribution < -0.4 is 4.74 Å². The molecule has 0 saturated heterocycles. The first-order chi connectivity index (χ1) is 17.6. The molecule has 0 unspecified atom stereocenters. The lowest BCUT2D eigenvalue weighted by molar-refractivity contribution is -0.189. The summed E-state index contributed by atoms with van der Waals surface area (Å²) in [6, 6.07) is 2.16. The van der Waals surface area contributed by atoms with E-state index in [9.17, 15) is 30.7 Å². The molecule has 0 atom stereocenters. The third kappa shape index (κ3) is 6.43. The second-order valence-electron chi connectivity index (χ2n) is 10.7. The van der Waals surface area contributed by atoms with Crippen LogP contribution in [0, 0.1) is 46.8 Å². The minimum atomic E-state index is -4.57. The van der Waals surface area contributed by atoms with Gasteiger partial charge in [-0.25, -0.2) is 22.0 Å². The third-order valence-electron chi connectivity index (χ3n) is 8.33. The summed E-state index contributed by atoms with van der Waals surface area (Å²) in [5, 5.41) is 0. The lowest BCUT2D eigenvalue weighted by Crippen LogP contribution is -2.27. The Morgan fingerprint density at radius 2 is 1.24 bits per heavy atom. The van der Waals surface area contributed by atoms with Crippen molar-refractivity contribution in [1.82, 2.24) is 0 Å². The summed E-state index contributed by atoms with van der Waals surface area (Å²) in [6.07, 6.45) is 7.63. The molecule has 37 heavy (non-hydrogen) atoms. The summed E-state index contributed by atoms with van der Waals surface area (Å²) in [4.78, 5) is 0. The molecule has 0 aliphatic heterocycles. The van der Waals surface area contributed by atoms with Crippen LogP contribution in [0.3, 0.4) is 0 Å². The predicted octanol–water partition coefficient (Wildman–Crippen LogP) is 9.78. The smallest absolute Gasteiger partial charge is 0.429 e. The lowest BCUT2D eigenvalue weighted by atomic mass is 9.68. The van der Waals surface area contributed by atoms with E-state index in [-0.39, 0.29) is 18.1 Å². The van der Waals surface area contributed by atoms with Crippen molar-refractivity contribution in [2.24, 2.45) is 17.8 Å². The Bertz CT molecular complexity index is 1020. The molecule has 4 rings (SSSR count). The van der Waals surface area contributed by atoms with Crippen LogP contribution in [0.1, 0.15) is 94.6 Å². The van der Waals surface area contributed by atoms with E-state index in [0.717, 1.165) is 43.7 Å². The van der Waals surface area contributed by atoms with E-state index in [1.807, 2.05) is 0 Å². The molecular weight excluding hydrogens is 497 g/mol. The highest BCUT2D eigenvalue weighted by atomic mass is 19.3. The number of benzene rings is 2. The molecule has 8 heteroatoms. The minimum Gasteiger partial charge on any atom is -0.429 e. The summed E-state index contributed by atoms with van der Waals surface area (Å²) in [5.41, 5.74) is -1.34. The maximum absolute atomic E-state index is 14.8. The summed E-state index contributed by atoms with van der Waals surface area (Å²) < 4.78 is 103. The first kappa shape index (κ1) is 27.8. The quantitative estimate of drug-likeness (QED) is 0.244. The molecule has 0 amide bonds. The van der Waals surface area contributed by atoms with Gasteiger partial charge in [0.1, 0.15) is 22.9 Å². The van der Waals surface area contributed by atoms with Crippen molar-refractivity contribution in [3.05, 3.63) is 64.5 Å². The van der Waals surface area contributed by atoms with Crippen LogP contribution in [-0.4, -0.2) is 0 Å². The minimum absolute atomic E-state index is 0.134. The number of unbranched alkanes of at least 4 members (excludes halogenated alkanes) is 1. The molecule has 0 heterocycles. The van der Waals surface area contributed by atoms with E-state index in [2.05, 4.69) is 11.7 Å². The summed E-state index contributed by atoms with van der Waals surface area (Å²) in [6.45, 7) is 2.22. The maximum Gasteiger partial charge on any atom is 0.432 e. The highest BCUT2D eigenvalue weighted by molar-refractivity contribution is 5.33. The molecule has 2 aliphatic rings. The molecule has 0 radical (unpaired) electrons. The Morgan fingerprint density at radius 3 is 1.76 bits per heavy atom. The molecule has 2 aliphatic carbocycles. The number of hydrogen-bond donors (Lipinski definition) is 0. The summed E-state index contributed by atoms with van der Waals surface area (Å²) in [5.74, 6) is -7.52. The van der Waals surface area contributed by atoms with Crippen LogP contribution in [0.25, 0.3) is 0 Å². The third-order valence-corrected chi connectivity index (χ3v) is 8.33. The first-order valence-electron chi connectivity index (χ1n) is 13.3. The lowest BCUT2D eigenvalue weighted by Gasteiger charge is -2.38. The van der Waals surface area contributed by atoms with E-state index in [0.29, 0.717) is 17.4 Å². The van der Waals surface area contributed by atoms with Crippen molar-refractivity contribution in [1.29, 1.82) is 0 Å². The molecule has 2 aromatic rings. The van der Waals surface area contributed by atoms with Crippen LogP contribution in [0.2, 0.25) is 0 Å². The fourth-order valence-electron chi connectivity index (χ4n) is 6.26. The summed E-state index contributed by atoms with van der Waals surface area (Å²) >= 11 is 0. The fraction of sp³-hybridized carbons (Fsp3) is 0.586. The van der Waals surface area contributed by atoms with E-state index in [1.54, 1.807) is 0 Å². The predicted molar refractivity (Wildman–Crippen MR) is 127 cm³/mol. The molecule has 2 aromatic carbocycles. The van der Waals surface area contributed by atoms with Gasteiger partial charge in [0.2, 0.25) is 0 Å². The van der Waals surface area contributed by atoms with Crippen molar-refractivity contribution in [2.75, 3.05) is 0 Å². The van der Waals surface area contributed by atoms with Gasteiger partial charge in [0, 0.05) is 12.1 Å². The Kier molecular flexibility index (Phi) is 8.74. The van der Waals surface area contributed by atoms with Gasteiger partial charge in [0.15, 0.2) is 17.5 Å². The highest BCUT2D eigenvalue weighted by Crippen LogP contribution is 2.45. The largest absolute Gasteiger partial charge is 0.432 e. The van der Waals surface area contributed by atoms with Crippen LogP contribution >= 0.6 is 0 Å². The molecular formula is C29H33F7O. The standard InChI is InChI=1S/C29H33F7O/c1-2-3-4-17-5-7-18(8-6-17)19-9-11-20(12-10-19)21-13-23(30)27(24(31)14-21)29(35,36)37-22-15-25(32)28(34)26(33)16-22/h13-20H,2-12H2,1H3/t17-,18-,19?,20?. The van der Waals surface area contributed by atoms with E-state index in [1.165, 1.54) is 44.9 Å². The Labute approximate surface area is 213 Å². The fourth-order valence-corrected chi connectivity index (χ4v) is 6.26. The van der Waals surface area contributed by atoms with Crippen LogP contribution in [0.5, 0.6) is 5.75 Å². The van der Waals surface area contributed by atoms with Crippen molar-refractivity contribution < 1.29 is 35.5 Å². The van der Waals surface area contributed by atoms with Gasteiger partial charge in [-0.3, -0.25) is 0 Å². The average molecular weight is 531 g/mol. The Morgan fingerprint density at radius 1 is 0.730 bits per heavy atom. The highest BCUT2D eigenvalue weighted by Gasteiger charge is 2.42. The molecule has 0 aromatic heterocycles. The number of ether oxygens (including phenoxy) is 1. The molecule has 2 fully saturated rings. The number of hydrogen-bond acceptors (Lipinski definition) is 1. The van der Waals surface area contributed by atoms with E-state index < -0.39 is 46.5 Å². The van der Waals surface area contributed by atoms with Gasteiger partial charge >= 0.3 is 6.11 Å². The van der Waals surface area contributed by atoms with Crippen molar-refractivity contribution >= 4 is 0 Å². The summed E-state index contributed by atoms with van der Waals surface area (Å²) in [7, 11) is 0. The van der Waals surface area contributed by atoms with E-state index >= 15 is 0 Å². The van der Waals surface area contributed by atoms with Gasteiger partial charge in [-0.05, 0) is 79.9 Å². The molecule has 0 N–H and O–H groups in total. The molecule has 0 spiro atoms. The van der Waals surface area contributed by atoms with Crippen molar-refractivity contribution in [3.8, 4) is 5.75 Å². The molecule has 2 saturated carbocycles. The average Bonchev–Trinajstić information content (AvgIpc) is 2.85. The molecule has 1 nitrogen and oxygen atoms in total. The normalized spacial score (nSPS) is 24.8. The van der Waals surface area contributed by atoms with Crippen molar-refractivity contribution in [2.45, 2.75) is 89.6 Å². The zero-order valence-electron chi connectivity index (χ0n) is 21.0. The van der Waals surface area contributed by atoms with Gasteiger partial charge < -0.3 is 4.74 Å². The Hall–Kier alpha value is -2.25. The zero-order valence-corrected chi connectivity index (χ0v) is 21.0. The monoisotopic (exact) mass is 530 g/mol. The second-order valence-corrected chi connectivity index (χ2v) is 10.7. The zero-order chi connectivity index (χ0) is 26.7. The Balaban J connectivity index is 1.39. The number of rotatable bonds is 8. The second kappa shape index (κ2) is 11.6. The topological polar surface area (TPSA) is 9.23 Å².